The maximum atomic E-state index is 5.55. The molecule has 0 amide bonds. The van der Waals surface area contributed by atoms with E-state index in [9.17, 15) is 0 Å². The molecule has 1 fully saturated rings. The van der Waals surface area contributed by atoms with Crippen LogP contribution in [-0.4, -0.2) is 16.0 Å². The van der Waals surface area contributed by atoms with E-state index >= 15 is 0 Å². The fourth-order valence-electron chi connectivity index (χ4n) is 2.37. The molecule has 3 N–H and O–H groups in total. The number of hydrogen-bond acceptors (Lipinski definition) is 4. The largest absolute Gasteiger partial charge is 0.396 e. The Bertz CT molecular complexity index is 316. The van der Waals surface area contributed by atoms with Crippen molar-refractivity contribution < 1.29 is 0 Å². The molecule has 1 aromatic heterocycles. The van der Waals surface area contributed by atoms with Crippen LogP contribution in [0, 0.1) is 5.92 Å². The van der Waals surface area contributed by atoms with Crippen LogP contribution in [0.25, 0.3) is 0 Å². The van der Waals surface area contributed by atoms with E-state index in [1.165, 1.54) is 32.1 Å². The standard InChI is InChI=1S/C12H20N4/c1-9(10-5-3-2-4-6-10)16-12-14-7-11(13)8-15-12/h7-10H,2-6,13H2,1H3,(H,14,15,16). The van der Waals surface area contributed by atoms with Crippen molar-refractivity contribution in [2.45, 2.75) is 45.1 Å². The number of nitrogens with one attached hydrogen (secondary N) is 1. The van der Waals surface area contributed by atoms with E-state index in [1.807, 2.05) is 0 Å². The molecular weight excluding hydrogens is 200 g/mol. The van der Waals surface area contributed by atoms with E-state index in [0.29, 0.717) is 17.7 Å². The summed E-state index contributed by atoms with van der Waals surface area (Å²) in [4.78, 5) is 8.33. The van der Waals surface area contributed by atoms with Crippen LogP contribution in [0.4, 0.5) is 11.6 Å². The maximum Gasteiger partial charge on any atom is 0.222 e. The Morgan fingerprint density at radius 2 is 1.88 bits per heavy atom. The van der Waals surface area contributed by atoms with Crippen molar-refractivity contribution in [2.75, 3.05) is 11.1 Å². The van der Waals surface area contributed by atoms with Gasteiger partial charge in [0.05, 0.1) is 18.1 Å². The van der Waals surface area contributed by atoms with Crippen LogP contribution in [0.1, 0.15) is 39.0 Å². The van der Waals surface area contributed by atoms with Crippen molar-refractivity contribution in [2.24, 2.45) is 5.92 Å². The maximum absolute atomic E-state index is 5.55. The normalized spacial score (nSPS) is 19.3. The Balaban J connectivity index is 1.90. The van der Waals surface area contributed by atoms with Crippen LogP contribution in [0.15, 0.2) is 12.4 Å². The highest BCUT2D eigenvalue weighted by Crippen LogP contribution is 2.27. The van der Waals surface area contributed by atoms with Gasteiger partial charge in [0, 0.05) is 6.04 Å². The van der Waals surface area contributed by atoms with Crippen LogP contribution in [0.5, 0.6) is 0 Å². The first-order chi connectivity index (χ1) is 7.75. The Morgan fingerprint density at radius 3 is 2.50 bits per heavy atom. The lowest BCUT2D eigenvalue weighted by Gasteiger charge is -2.28. The van der Waals surface area contributed by atoms with E-state index < -0.39 is 0 Å². The smallest absolute Gasteiger partial charge is 0.222 e. The zero-order chi connectivity index (χ0) is 11.4. The van der Waals surface area contributed by atoms with Crippen molar-refractivity contribution >= 4 is 11.6 Å². The molecular formula is C12H20N4. The monoisotopic (exact) mass is 220 g/mol. The van der Waals surface area contributed by atoms with Crippen molar-refractivity contribution in [1.29, 1.82) is 0 Å². The third-order valence-electron chi connectivity index (χ3n) is 3.39. The highest BCUT2D eigenvalue weighted by atomic mass is 15.1. The summed E-state index contributed by atoms with van der Waals surface area (Å²) in [6.45, 7) is 2.22. The molecule has 0 aliphatic heterocycles. The van der Waals surface area contributed by atoms with Crippen molar-refractivity contribution in [1.82, 2.24) is 9.97 Å². The third-order valence-corrected chi connectivity index (χ3v) is 3.39. The van der Waals surface area contributed by atoms with Crippen molar-refractivity contribution in [3.63, 3.8) is 0 Å². The lowest BCUT2D eigenvalue weighted by Crippen LogP contribution is -2.28. The molecule has 1 unspecified atom stereocenters. The van der Waals surface area contributed by atoms with Gasteiger partial charge in [-0.25, -0.2) is 9.97 Å². The predicted molar refractivity (Wildman–Crippen MR) is 66.1 cm³/mol. The van der Waals surface area contributed by atoms with Gasteiger partial charge in [-0.1, -0.05) is 19.3 Å². The number of nitrogen functional groups attached to an aromatic ring is 1. The minimum absolute atomic E-state index is 0.448. The minimum atomic E-state index is 0.448. The number of nitrogens with two attached hydrogens (primary N) is 1. The highest BCUT2D eigenvalue weighted by Gasteiger charge is 2.20. The summed E-state index contributed by atoms with van der Waals surface area (Å²) in [7, 11) is 0. The Hall–Kier alpha value is -1.32. The summed E-state index contributed by atoms with van der Waals surface area (Å²) in [5.41, 5.74) is 6.15. The fourth-order valence-corrected chi connectivity index (χ4v) is 2.37. The second-order valence-corrected chi connectivity index (χ2v) is 4.67. The lowest BCUT2D eigenvalue weighted by atomic mass is 9.85. The molecule has 88 valence electrons. The SMILES string of the molecule is CC(Nc1ncc(N)cn1)C1CCCCC1. The molecule has 0 aromatic carbocycles. The van der Waals surface area contributed by atoms with Crippen LogP contribution in [0.2, 0.25) is 0 Å². The summed E-state index contributed by atoms with van der Waals surface area (Å²) < 4.78 is 0. The molecule has 0 saturated heterocycles. The summed E-state index contributed by atoms with van der Waals surface area (Å²) in [6, 6.07) is 0.448. The van der Waals surface area contributed by atoms with Gasteiger partial charge < -0.3 is 11.1 Å². The van der Waals surface area contributed by atoms with Crippen LogP contribution in [-0.2, 0) is 0 Å². The highest BCUT2D eigenvalue weighted by molar-refractivity contribution is 5.36. The first-order valence-electron chi connectivity index (χ1n) is 6.10. The van der Waals surface area contributed by atoms with E-state index in [1.54, 1.807) is 12.4 Å². The van der Waals surface area contributed by atoms with Gasteiger partial charge in [0.1, 0.15) is 0 Å². The number of anilines is 2. The zero-order valence-corrected chi connectivity index (χ0v) is 9.82. The minimum Gasteiger partial charge on any atom is -0.396 e. The summed E-state index contributed by atoms with van der Waals surface area (Å²) >= 11 is 0. The number of aromatic nitrogens is 2. The quantitative estimate of drug-likeness (QED) is 0.821. The van der Waals surface area contributed by atoms with E-state index in [4.69, 9.17) is 5.73 Å². The second-order valence-electron chi connectivity index (χ2n) is 4.67. The molecule has 4 nitrogen and oxygen atoms in total. The molecule has 0 spiro atoms. The van der Waals surface area contributed by atoms with Gasteiger partial charge in [0.15, 0.2) is 0 Å². The molecule has 0 radical (unpaired) electrons. The van der Waals surface area contributed by atoms with Crippen LogP contribution >= 0.6 is 0 Å². The van der Waals surface area contributed by atoms with Gasteiger partial charge in [-0.2, -0.15) is 0 Å². The number of rotatable bonds is 3. The average molecular weight is 220 g/mol. The Morgan fingerprint density at radius 1 is 1.25 bits per heavy atom. The Kier molecular flexibility index (Phi) is 3.59. The number of hydrogen-bond donors (Lipinski definition) is 2. The van der Waals surface area contributed by atoms with Gasteiger partial charge in [0.25, 0.3) is 0 Å². The molecule has 1 saturated carbocycles. The molecule has 0 bridgehead atoms. The van der Waals surface area contributed by atoms with E-state index in [0.717, 1.165) is 5.92 Å². The van der Waals surface area contributed by atoms with Crippen molar-refractivity contribution in [3.8, 4) is 0 Å². The van der Waals surface area contributed by atoms with Crippen molar-refractivity contribution in [3.05, 3.63) is 12.4 Å². The van der Waals surface area contributed by atoms with Crippen LogP contribution < -0.4 is 11.1 Å². The van der Waals surface area contributed by atoms with Gasteiger partial charge in [-0.15, -0.1) is 0 Å². The fraction of sp³-hybridized carbons (Fsp3) is 0.667. The molecule has 1 aliphatic carbocycles. The summed E-state index contributed by atoms with van der Waals surface area (Å²) in [6.07, 6.45) is 10.0. The molecule has 1 atom stereocenters. The summed E-state index contributed by atoms with van der Waals surface area (Å²) in [5.74, 6) is 1.45. The van der Waals surface area contributed by atoms with Gasteiger partial charge >= 0.3 is 0 Å². The molecule has 1 heterocycles. The molecule has 2 rings (SSSR count). The first-order valence-corrected chi connectivity index (χ1v) is 6.10. The van der Waals surface area contributed by atoms with Gasteiger partial charge in [0.2, 0.25) is 5.95 Å². The molecule has 16 heavy (non-hydrogen) atoms. The lowest BCUT2D eigenvalue weighted by molar-refractivity contribution is 0.327. The van der Waals surface area contributed by atoms with Crippen LogP contribution in [0.3, 0.4) is 0 Å². The van der Waals surface area contributed by atoms with Gasteiger partial charge in [-0.3, -0.25) is 0 Å². The first kappa shape index (κ1) is 11.2. The predicted octanol–water partition coefficient (Wildman–Crippen LogP) is 2.44. The van der Waals surface area contributed by atoms with E-state index in [-0.39, 0.29) is 0 Å². The molecule has 1 aliphatic rings. The summed E-state index contributed by atoms with van der Waals surface area (Å²) in [5, 5.41) is 3.36. The molecule has 1 aromatic rings. The zero-order valence-electron chi connectivity index (χ0n) is 9.82. The topological polar surface area (TPSA) is 63.8 Å². The molecule has 4 heteroatoms. The second kappa shape index (κ2) is 5.14. The third kappa shape index (κ3) is 2.84. The number of nitrogens with zero attached hydrogens (tertiary/aromatic N) is 2. The van der Waals surface area contributed by atoms with Gasteiger partial charge in [-0.05, 0) is 25.7 Å². The average Bonchev–Trinajstić information content (AvgIpc) is 2.33. The Labute approximate surface area is 96.7 Å². The van der Waals surface area contributed by atoms with E-state index in [2.05, 4.69) is 22.2 Å².